The SMILES string of the molecule is Cc1cccnc1N1CCC[C@]2(CCN(C3CCOCC3)C2=O)C1. The van der Waals surface area contributed by atoms with Crippen molar-refractivity contribution in [2.75, 3.05) is 37.7 Å². The van der Waals surface area contributed by atoms with Crippen LogP contribution in [0, 0.1) is 12.3 Å². The summed E-state index contributed by atoms with van der Waals surface area (Å²) in [5.74, 6) is 1.43. The van der Waals surface area contributed by atoms with Crippen molar-refractivity contribution in [1.82, 2.24) is 9.88 Å². The monoisotopic (exact) mass is 329 g/mol. The van der Waals surface area contributed by atoms with E-state index in [-0.39, 0.29) is 5.41 Å². The van der Waals surface area contributed by atoms with Gasteiger partial charge in [-0.2, -0.15) is 0 Å². The molecule has 1 spiro atoms. The van der Waals surface area contributed by atoms with Gasteiger partial charge < -0.3 is 14.5 Å². The molecule has 0 aliphatic carbocycles. The maximum atomic E-state index is 13.3. The molecule has 0 N–H and O–H groups in total. The number of carbonyl (C=O) groups is 1. The smallest absolute Gasteiger partial charge is 0.230 e. The van der Waals surface area contributed by atoms with Crippen molar-refractivity contribution >= 4 is 11.7 Å². The van der Waals surface area contributed by atoms with Crippen LogP contribution in [0.3, 0.4) is 0 Å². The molecule has 0 aromatic carbocycles. The predicted octanol–water partition coefficient (Wildman–Crippen LogP) is 2.39. The van der Waals surface area contributed by atoms with E-state index in [0.717, 1.165) is 70.8 Å². The zero-order valence-electron chi connectivity index (χ0n) is 14.5. The van der Waals surface area contributed by atoms with Crippen LogP contribution < -0.4 is 4.90 Å². The van der Waals surface area contributed by atoms with E-state index in [4.69, 9.17) is 4.74 Å². The molecule has 1 aromatic heterocycles. The van der Waals surface area contributed by atoms with Crippen LogP contribution in [0.1, 0.15) is 37.7 Å². The molecule has 4 heterocycles. The molecule has 1 aromatic rings. The molecule has 1 atom stereocenters. The molecule has 5 nitrogen and oxygen atoms in total. The summed E-state index contributed by atoms with van der Waals surface area (Å²) in [4.78, 5) is 22.4. The first-order valence-electron chi connectivity index (χ1n) is 9.25. The fourth-order valence-corrected chi connectivity index (χ4v) is 4.69. The number of rotatable bonds is 2. The first-order chi connectivity index (χ1) is 11.7. The minimum atomic E-state index is -0.194. The van der Waals surface area contributed by atoms with E-state index in [2.05, 4.69) is 27.8 Å². The van der Waals surface area contributed by atoms with Gasteiger partial charge in [-0.25, -0.2) is 4.98 Å². The largest absolute Gasteiger partial charge is 0.381 e. The molecule has 0 saturated carbocycles. The maximum Gasteiger partial charge on any atom is 0.230 e. The molecule has 130 valence electrons. The summed E-state index contributed by atoms with van der Waals surface area (Å²) < 4.78 is 5.47. The van der Waals surface area contributed by atoms with E-state index in [0.29, 0.717) is 11.9 Å². The Morgan fingerprint density at radius 1 is 1.25 bits per heavy atom. The Labute approximate surface area is 144 Å². The Hall–Kier alpha value is -1.62. The van der Waals surface area contributed by atoms with Crippen LogP contribution in [-0.4, -0.2) is 54.7 Å². The van der Waals surface area contributed by atoms with Gasteiger partial charge in [-0.1, -0.05) is 6.07 Å². The first kappa shape index (κ1) is 15.9. The fourth-order valence-electron chi connectivity index (χ4n) is 4.69. The lowest BCUT2D eigenvalue weighted by atomic mass is 9.78. The van der Waals surface area contributed by atoms with Gasteiger partial charge in [0.1, 0.15) is 5.82 Å². The Balaban J connectivity index is 1.53. The summed E-state index contributed by atoms with van der Waals surface area (Å²) in [6.45, 7) is 6.43. The van der Waals surface area contributed by atoms with Gasteiger partial charge in [-0.15, -0.1) is 0 Å². The third-order valence-corrected chi connectivity index (χ3v) is 6.04. The van der Waals surface area contributed by atoms with Crippen molar-refractivity contribution in [3.05, 3.63) is 23.9 Å². The second-order valence-corrected chi connectivity index (χ2v) is 7.54. The highest BCUT2D eigenvalue weighted by Crippen LogP contribution is 2.42. The molecule has 3 aliphatic rings. The lowest BCUT2D eigenvalue weighted by Gasteiger charge is -2.41. The molecule has 0 bridgehead atoms. The summed E-state index contributed by atoms with van der Waals surface area (Å²) in [5, 5.41) is 0. The minimum absolute atomic E-state index is 0.194. The molecular formula is C19H27N3O2. The average molecular weight is 329 g/mol. The highest BCUT2D eigenvalue weighted by Gasteiger charge is 2.50. The van der Waals surface area contributed by atoms with Gasteiger partial charge in [0.25, 0.3) is 0 Å². The number of anilines is 1. The van der Waals surface area contributed by atoms with E-state index in [1.54, 1.807) is 0 Å². The van der Waals surface area contributed by atoms with Gasteiger partial charge in [-0.05, 0) is 50.7 Å². The van der Waals surface area contributed by atoms with Crippen LogP contribution in [0.15, 0.2) is 18.3 Å². The van der Waals surface area contributed by atoms with E-state index in [1.807, 2.05) is 12.3 Å². The van der Waals surface area contributed by atoms with E-state index in [9.17, 15) is 4.79 Å². The second kappa shape index (κ2) is 6.36. The summed E-state index contributed by atoms with van der Waals surface area (Å²) in [6, 6.07) is 4.47. The number of hydrogen-bond acceptors (Lipinski definition) is 4. The van der Waals surface area contributed by atoms with Crippen LogP contribution in [0.2, 0.25) is 0 Å². The Morgan fingerprint density at radius 2 is 2.08 bits per heavy atom. The third kappa shape index (κ3) is 2.69. The number of aryl methyl sites for hydroxylation is 1. The number of aromatic nitrogens is 1. The molecule has 3 saturated heterocycles. The van der Waals surface area contributed by atoms with Crippen molar-refractivity contribution in [3.63, 3.8) is 0 Å². The van der Waals surface area contributed by atoms with Crippen LogP contribution in [0.4, 0.5) is 5.82 Å². The van der Waals surface area contributed by atoms with E-state index >= 15 is 0 Å². The van der Waals surface area contributed by atoms with E-state index in [1.165, 1.54) is 5.56 Å². The van der Waals surface area contributed by atoms with E-state index < -0.39 is 0 Å². The second-order valence-electron chi connectivity index (χ2n) is 7.54. The number of likely N-dealkylation sites (tertiary alicyclic amines) is 1. The zero-order chi connectivity index (χ0) is 16.6. The summed E-state index contributed by atoms with van der Waals surface area (Å²) in [7, 11) is 0. The summed E-state index contributed by atoms with van der Waals surface area (Å²) in [5.41, 5.74) is 1.00. The Morgan fingerprint density at radius 3 is 2.88 bits per heavy atom. The van der Waals surface area contributed by atoms with Gasteiger partial charge in [0, 0.05) is 45.1 Å². The molecular weight excluding hydrogens is 302 g/mol. The van der Waals surface area contributed by atoms with Crippen molar-refractivity contribution in [2.45, 2.75) is 45.1 Å². The average Bonchev–Trinajstić information content (AvgIpc) is 2.92. The minimum Gasteiger partial charge on any atom is -0.381 e. The molecule has 5 heteroatoms. The Kier molecular flexibility index (Phi) is 4.21. The fraction of sp³-hybridized carbons (Fsp3) is 0.684. The van der Waals surface area contributed by atoms with Gasteiger partial charge in [0.05, 0.1) is 5.41 Å². The van der Waals surface area contributed by atoms with Gasteiger partial charge in [0.15, 0.2) is 0 Å². The molecule has 3 aliphatic heterocycles. The van der Waals surface area contributed by atoms with Crippen LogP contribution in [0.5, 0.6) is 0 Å². The lowest BCUT2D eigenvalue weighted by molar-refractivity contribution is -0.139. The van der Waals surface area contributed by atoms with Gasteiger partial charge >= 0.3 is 0 Å². The number of hydrogen-bond donors (Lipinski definition) is 0. The normalized spacial score (nSPS) is 28.8. The summed E-state index contributed by atoms with van der Waals surface area (Å²) in [6.07, 6.45) is 6.92. The molecule has 3 fully saturated rings. The van der Waals surface area contributed by atoms with Gasteiger partial charge in [-0.3, -0.25) is 4.79 Å². The zero-order valence-corrected chi connectivity index (χ0v) is 14.5. The lowest BCUT2D eigenvalue weighted by Crippen LogP contribution is -2.50. The maximum absolute atomic E-state index is 13.3. The van der Waals surface area contributed by atoms with Crippen LogP contribution >= 0.6 is 0 Å². The molecule has 24 heavy (non-hydrogen) atoms. The predicted molar refractivity (Wildman–Crippen MR) is 93.0 cm³/mol. The quantitative estimate of drug-likeness (QED) is 0.836. The van der Waals surface area contributed by atoms with Crippen LogP contribution in [0.25, 0.3) is 0 Å². The number of ether oxygens (including phenoxy) is 1. The molecule has 4 rings (SSSR count). The molecule has 0 radical (unpaired) electrons. The first-order valence-corrected chi connectivity index (χ1v) is 9.25. The Bertz CT molecular complexity index is 614. The van der Waals surface area contributed by atoms with Crippen molar-refractivity contribution < 1.29 is 9.53 Å². The van der Waals surface area contributed by atoms with Crippen LogP contribution in [-0.2, 0) is 9.53 Å². The number of nitrogens with zero attached hydrogens (tertiary/aromatic N) is 3. The molecule has 0 unspecified atom stereocenters. The summed E-state index contributed by atoms with van der Waals surface area (Å²) >= 11 is 0. The number of carbonyl (C=O) groups excluding carboxylic acids is 1. The topological polar surface area (TPSA) is 45.7 Å². The highest BCUT2D eigenvalue weighted by molar-refractivity contribution is 5.86. The van der Waals surface area contributed by atoms with Crippen molar-refractivity contribution in [3.8, 4) is 0 Å². The highest BCUT2D eigenvalue weighted by atomic mass is 16.5. The standard InChI is InChI=1S/C19H27N3O2/c1-15-4-2-9-20-17(15)21-10-3-7-19(14-21)8-11-22(18(19)23)16-5-12-24-13-6-16/h2,4,9,16H,3,5-8,10-14H2,1H3/t19-/m0/s1. The third-order valence-electron chi connectivity index (χ3n) is 6.04. The number of pyridine rings is 1. The van der Waals surface area contributed by atoms with Crippen molar-refractivity contribution in [2.24, 2.45) is 5.41 Å². The van der Waals surface area contributed by atoms with Gasteiger partial charge in [0.2, 0.25) is 5.91 Å². The number of amides is 1. The molecule has 1 amide bonds. The number of piperidine rings is 1. The van der Waals surface area contributed by atoms with Crippen molar-refractivity contribution in [1.29, 1.82) is 0 Å².